The Kier molecular flexibility index (Phi) is 8.47. The first-order valence-corrected chi connectivity index (χ1v) is 16.8. The van der Waals surface area contributed by atoms with Crippen molar-refractivity contribution in [3.63, 3.8) is 0 Å². The summed E-state index contributed by atoms with van der Waals surface area (Å²) in [4.78, 5) is 23.2. The van der Waals surface area contributed by atoms with E-state index < -0.39 is 5.60 Å². The molecule has 2 fully saturated rings. The Balaban J connectivity index is 1.10. The van der Waals surface area contributed by atoms with Crippen LogP contribution in [0, 0.1) is 36.5 Å². The van der Waals surface area contributed by atoms with Gasteiger partial charge in [-0.05, 0) is 107 Å². The smallest absolute Gasteiger partial charge is 0.410 e. The summed E-state index contributed by atoms with van der Waals surface area (Å²) in [5.41, 5.74) is 6.76. The van der Waals surface area contributed by atoms with Gasteiger partial charge in [0.05, 0.1) is 30.8 Å². The van der Waals surface area contributed by atoms with Crippen LogP contribution < -0.4 is 4.74 Å². The maximum absolute atomic E-state index is 12.7. The number of hydrogen-bond donors (Lipinski definition) is 0. The normalized spacial score (nSPS) is 19.4. The van der Waals surface area contributed by atoms with Crippen molar-refractivity contribution in [1.82, 2.24) is 14.8 Å². The predicted octanol–water partition coefficient (Wildman–Crippen LogP) is 7.78. The van der Waals surface area contributed by atoms with Gasteiger partial charge in [-0.25, -0.2) is 9.78 Å². The van der Waals surface area contributed by atoms with Crippen LogP contribution in [0.1, 0.15) is 68.2 Å². The number of hydrogen-bond acceptors (Lipinski definition) is 7. The van der Waals surface area contributed by atoms with Crippen LogP contribution >= 0.6 is 11.3 Å². The molecule has 232 valence electrons. The quantitative estimate of drug-likeness (QED) is 0.254. The Morgan fingerprint density at radius 3 is 2.48 bits per heavy atom. The van der Waals surface area contributed by atoms with Gasteiger partial charge in [-0.3, -0.25) is 0 Å². The monoisotopic (exact) mass is 612 g/mol. The highest BCUT2D eigenvalue weighted by molar-refractivity contribution is 7.15. The molecule has 3 aliphatic rings. The van der Waals surface area contributed by atoms with Gasteiger partial charge in [0.1, 0.15) is 16.4 Å². The molecule has 0 N–H and O–H groups in total. The van der Waals surface area contributed by atoms with Gasteiger partial charge in [-0.1, -0.05) is 30.3 Å². The number of carbonyl (C=O) groups is 1. The molecule has 0 radical (unpaired) electrons. The number of likely N-dealkylation sites (tertiary alicyclic amines) is 1. The minimum Gasteiger partial charge on any atom is -0.493 e. The number of aromatic nitrogens is 1. The van der Waals surface area contributed by atoms with Crippen molar-refractivity contribution in [2.45, 2.75) is 78.9 Å². The van der Waals surface area contributed by atoms with Gasteiger partial charge in [0.15, 0.2) is 0 Å². The molecular formula is C36H44N4O3S. The number of rotatable bonds is 7. The van der Waals surface area contributed by atoms with Crippen molar-refractivity contribution >= 4 is 17.4 Å². The van der Waals surface area contributed by atoms with Gasteiger partial charge in [-0.2, -0.15) is 5.26 Å². The van der Waals surface area contributed by atoms with Gasteiger partial charge in [0, 0.05) is 30.0 Å². The topological polar surface area (TPSA) is 78.7 Å². The van der Waals surface area contributed by atoms with E-state index in [0.29, 0.717) is 31.0 Å². The number of thiazole rings is 1. The number of benzene rings is 2. The van der Waals surface area contributed by atoms with Crippen molar-refractivity contribution in [1.29, 1.82) is 5.26 Å². The lowest BCUT2D eigenvalue weighted by Gasteiger charge is -2.32. The molecule has 1 atom stereocenters. The zero-order chi connectivity index (χ0) is 31.1. The van der Waals surface area contributed by atoms with Crippen LogP contribution in [0.25, 0.3) is 21.7 Å². The summed E-state index contributed by atoms with van der Waals surface area (Å²) in [5.74, 6) is 1.24. The number of nitrogens with zero attached hydrogens (tertiary/aromatic N) is 4. The number of nitriles is 1. The van der Waals surface area contributed by atoms with Gasteiger partial charge in [-0.15, -0.1) is 11.3 Å². The second-order valence-electron chi connectivity index (χ2n) is 13.7. The molecule has 1 unspecified atom stereocenters. The standard InChI is InChI=1S/C36H44N4O3S/c1-24-27(9-6-11-29(24)33-38-30-13-17-40(23-32(30)44-33)34(41)43-35(3,4)5)28-10-7-12-31(25(28)2)42-20-8-16-39-18-14-36(15-19-39)21-26(36)22-37/h6-7,9-12,26H,8,13-21,23H2,1-5H3. The molecule has 1 spiro atoms. The summed E-state index contributed by atoms with van der Waals surface area (Å²) >= 11 is 1.68. The third-order valence-electron chi connectivity index (χ3n) is 9.60. The molecule has 44 heavy (non-hydrogen) atoms. The van der Waals surface area contributed by atoms with E-state index in [1.54, 1.807) is 16.2 Å². The fourth-order valence-electron chi connectivity index (χ4n) is 6.79. The molecule has 1 amide bonds. The fourth-order valence-corrected chi connectivity index (χ4v) is 8.00. The molecule has 6 rings (SSSR count). The average molecular weight is 613 g/mol. The van der Waals surface area contributed by atoms with E-state index in [4.69, 9.17) is 14.5 Å². The largest absolute Gasteiger partial charge is 0.493 e. The van der Waals surface area contributed by atoms with Gasteiger partial charge in [0.2, 0.25) is 0 Å². The van der Waals surface area contributed by atoms with Crippen molar-refractivity contribution in [3.8, 4) is 33.5 Å². The van der Waals surface area contributed by atoms with Crippen LogP contribution in [0.2, 0.25) is 0 Å². The summed E-state index contributed by atoms with van der Waals surface area (Å²) in [5, 5.41) is 10.2. The summed E-state index contributed by atoms with van der Waals surface area (Å²) in [7, 11) is 0. The minimum atomic E-state index is -0.509. The molecular weight excluding hydrogens is 568 g/mol. The Hall–Kier alpha value is -3.41. The van der Waals surface area contributed by atoms with E-state index in [1.165, 1.54) is 29.5 Å². The summed E-state index contributed by atoms with van der Waals surface area (Å²) in [6.07, 6.45) is 4.91. The first-order valence-electron chi connectivity index (χ1n) is 16.0. The Morgan fingerprint density at radius 1 is 1.07 bits per heavy atom. The minimum absolute atomic E-state index is 0.262. The lowest BCUT2D eigenvalue weighted by atomic mass is 9.91. The Bertz CT molecular complexity index is 1570. The van der Waals surface area contributed by atoms with E-state index in [9.17, 15) is 10.1 Å². The number of ether oxygens (including phenoxy) is 2. The molecule has 3 aromatic rings. The van der Waals surface area contributed by atoms with Crippen LogP contribution in [0.15, 0.2) is 36.4 Å². The maximum Gasteiger partial charge on any atom is 0.410 e. The fraction of sp³-hybridized carbons (Fsp3) is 0.528. The van der Waals surface area contributed by atoms with Crippen LogP contribution in [-0.4, -0.2) is 59.3 Å². The SMILES string of the molecule is Cc1c(OCCCN2CCC3(CC2)CC3C#N)cccc1-c1cccc(-c2nc3c(s2)CN(C(=O)OC(C)(C)C)CC3)c1C. The van der Waals surface area contributed by atoms with E-state index in [2.05, 4.69) is 61.2 Å². The number of fused-ring (bicyclic) bond motifs is 1. The molecule has 2 aromatic carbocycles. The summed E-state index contributed by atoms with van der Waals surface area (Å²) in [6, 6.07) is 15.3. The van der Waals surface area contributed by atoms with E-state index in [0.717, 1.165) is 71.4 Å². The lowest BCUT2D eigenvalue weighted by molar-refractivity contribution is 0.0225. The number of amides is 1. The summed E-state index contributed by atoms with van der Waals surface area (Å²) in [6.45, 7) is 15.1. The first kappa shape index (κ1) is 30.6. The lowest BCUT2D eigenvalue weighted by Crippen LogP contribution is -2.39. The summed E-state index contributed by atoms with van der Waals surface area (Å²) < 4.78 is 11.9. The third-order valence-corrected chi connectivity index (χ3v) is 10.7. The predicted molar refractivity (Wildman–Crippen MR) is 175 cm³/mol. The molecule has 3 heterocycles. The van der Waals surface area contributed by atoms with Crippen molar-refractivity contribution in [3.05, 3.63) is 58.1 Å². The van der Waals surface area contributed by atoms with Crippen LogP contribution in [0.3, 0.4) is 0 Å². The van der Waals surface area contributed by atoms with Gasteiger partial charge >= 0.3 is 6.09 Å². The van der Waals surface area contributed by atoms with Crippen molar-refractivity contribution in [2.75, 3.05) is 32.8 Å². The van der Waals surface area contributed by atoms with Crippen LogP contribution in [0.4, 0.5) is 4.79 Å². The zero-order valence-electron chi connectivity index (χ0n) is 26.7. The Morgan fingerprint density at radius 2 is 1.77 bits per heavy atom. The van der Waals surface area contributed by atoms with E-state index in [1.807, 2.05) is 20.8 Å². The second kappa shape index (κ2) is 12.2. The van der Waals surface area contributed by atoms with Crippen molar-refractivity contribution in [2.24, 2.45) is 11.3 Å². The molecule has 8 heteroatoms. The zero-order valence-corrected chi connectivity index (χ0v) is 27.6. The molecule has 7 nitrogen and oxygen atoms in total. The first-order chi connectivity index (χ1) is 21.1. The highest BCUT2D eigenvalue weighted by Gasteiger charge is 2.55. The molecule has 1 saturated heterocycles. The maximum atomic E-state index is 12.7. The third kappa shape index (κ3) is 6.36. The van der Waals surface area contributed by atoms with Gasteiger partial charge < -0.3 is 19.3 Å². The van der Waals surface area contributed by atoms with Crippen LogP contribution in [-0.2, 0) is 17.7 Å². The van der Waals surface area contributed by atoms with E-state index >= 15 is 0 Å². The molecule has 1 saturated carbocycles. The van der Waals surface area contributed by atoms with Crippen LogP contribution in [0.5, 0.6) is 5.75 Å². The molecule has 1 aromatic heterocycles. The number of carbonyl (C=O) groups excluding carboxylic acids is 1. The highest BCUT2D eigenvalue weighted by Crippen LogP contribution is 2.58. The molecule has 1 aliphatic carbocycles. The van der Waals surface area contributed by atoms with Gasteiger partial charge in [0.25, 0.3) is 0 Å². The highest BCUT2D eigenvalue weighted by atomic mass is 32.1. The molecule has 2 aliphatic heterocycles. The number of piperidine rings is 1. The van der Waals surface area contributed by atoms with E-state index in [-0.39, 0.29) is 6.09 Å². The second-order valence-corrected chi connectivity index (χ2v) is 14.8. The average Bonchev–Trinajstić information content (AvgIpc) is 3.50. The van der Waals surface area contributed by atoms with Crippen molar-refractivity contribution < 1.29 is 14.3 Å². The molecule has 0 bridgehead atoms. The Labute approximate surface area is 265 Å².